The number of carbonyl (C=O) groups excluding carboxylic acids is 1. The van der Waals surface area contributed by atoms with Crippen LogP contribution in [0.4, 0.5) is 0 Å². The molecule has 0 saturated heterocycles. The van der Waals surface area contributed by atoms with E-state index in [1.54, 1.807) is 17.2 Å². The van der Waals surface area contributed by atoms with Crippen LogP contribution < -0.4 is 5.32 Å². The highest BCUT2D eigenvalue weighted by atomic mass is 35.5. The lowest BCUT2D eigenvalue weighted by molar-refractivity contribution is 0.0940. The Labute approximate surface area is 164 Å². The fourth-order valence-corrected chi connectivity index (χ4v) is 3.90. The van der Waals surface area contributed by atoms with E-state index in [1.807, 2.05) is 49.5 Å². The van der Waals surface area contributed by atoms with Crippen LogP contribution in [0.1, 0.15) is 28.9 Å². The van der Waals surface area contributed by atoms with Gasteiger partial charge in [0, 0.05) is 22.8 Å². The van der Waals surface area contributed by atoms with Crippen molar-refractivity contribution in [1.82, 2.24) is 25.1 Å². The van der Waals surface area contributed by atoms with Gasteiger partial charge in [0.1, 0.15) is 12.7 Å². The lowest BCUT2D eigenvalue weighted by Crippen LogP contribution is -2.26. The highest BCUT2D eigenvalue weighted by molar-refractivity contribution is 7.19. The molecule has 0 saturated carbocycles. The molecule has 1 aromatic carbocycles. The minimum Gasteiger partial charge on any atom is -0.366 e. The van der Waals surface area contributed by atoms with E-state index in [0.717, 1.165) is 21.7 Å². The SMILES string of the molecule is C[C@@H](NC(=O)c1c[nH]cc1-c1ccc(Cl)s1)c1ccc(-n2cncn2)cc1. The van der Waals surface area contributed by atoms with Gasteiger partial charge in [-0.1, -0.05) is 23.7 Å². The number of thiophene rings is 1. The number of hydrogen-bond donors (Lipinski definition) is 2. The van der Waals surface area contributed by atoms with Crippen LogP contribution in [-0.2, 0) is 0 Å². The first-order valence-corrected chi connectivity index (χ1v) is 9.49. The third-order valence-corrected chi connectivity index (χ3v) is 5.52. The molecule has 0 bridgehead atoms. The topological polar surface area (TPSA) is 75.6 Å². The zero-order valence-corrected chi connectivity index (χ0v) is 16.0. The predicted molar refractivity (Wildman–Crippen MR) is 106 cm³/mol. The highest BCUT2D eigenvalue weighted by Crippen LogP contribution is 2.33. The van der Waals surface area contributed by atoms with Crippen molar-refractivity contribution in [2.45, 2.75) is 13.0 Å². The summed E-state index contributed by atoms with van der Waals surface area (Å²) in [6, 6.07) is 11.4. The number of nitrogens with one attached hydrogen (secondary N) is 2. The minimum atomic E-state index is -0.142. The van der Waals surface area contributed by atoms with Gasteiger partial charge in [0.05, 0.1) is 21.6 Å². The summed E-state index contributed by atoms with van der Waals surface area (Å²) in [5.74, 6) is -0.136. The van der Waals surface area contributed by atoms with Crippen molar-refractivity contribution in [3.8, 4) is 16.1 Å². The zero-order valence-electron chi connectivity index (χ0n) is 14.4. The standard InChI is InChI=1S/C19H16ClN5OS/c1-12(13-2-4-14(5-3-13)25-11-22-10-23-25)24-19(26)16-9-21-8-15(16)17-6-7-18(20)27-17/h2-12,21H,1H3,(H,24,26)/t12-/m1/s1. The Balaban J connectivity index is 1.49. The maximum absolute atomic E-state index is 12.8. The largest absolute Gasteiger partial charge is 0.366 e. The minimum absolute atomic E-state index is 0.136. The van der Waals surface area contributed by atoms with Gasteiger partial charge >= 0.3 is 0 Å². The molecule has 0 radical (unpaired) electrons. The summed E-state index contributed by atoms with van der Waals surface area (Å²) in [6.07, 6.45) is 6.66. The molecule has 4 aromatic rings. The molecular formula is C19H16ClN5OS. The van der Waals surface area contributed by atoms with E-state index >= 15 is 0 Å². The maximum atomic E-state index is 12.8. The number of hydrogen-bond acceptors (Lipinski definition) is 4. The number of aromatic nitrogens is 4. The molecule has 2 N–H and O–H groups in total. The van der Waals surface area contributed by atoms with Gasteiger partial charge in [-0.2, -0.15) is 5.10 Å². The van der Waals surface area contributed by atoms with Crippen molar-refractivity contribution < 1.29 is 4.79 Å². The van der Waals surface area contributed by atoms with Gasteiger partial charge in [-0.05, 0) is 36.8 Å². The second kappa shape index (κ2) is 7.38. The van der Waals surface area contributed by atoms with Gasteiger partial charge < -0.3 is 10.3 Å². The lowest BCUT2D eigenvalue weighted by Gasteiger charge is -2.15. The Hall–Kier alpha value is -2.90. The molecule has 0 aliphatic carbocycles. The van der Waals surface area contributed by atoms with Crippen LogP contribution in [0.15, 0.2) is 61.4 Å². The van der Waals surface area contributed by atoms with Crippen LogP contribution in [0, 0.1) is 0 Å². The van der Waals surface area contributed by atoms with Crippen molar-refractivity contribution in [3.05, 3.63) is 76.9 Å². The van der Waals surface area contributed by atoms with Crippen molar-refractivity contribution >= 4 is 28.8 Å². The van der Waals surface area contributed by atoms with E-state index in [1.165, 1.54) is 17.7 Å². The fraction of sp³-hybridized carbons (Fsp3) is 0.105. The average Bonchev–Trinajstić information content (AvgIpc) is 3.42. The van der Waals surface area contributed by atoms with Crippen LogP contribution in [-0.4, -0.2) is 25.7 Å². The first-order valence-electron chi connectivity index (χ1n) is 8.30. The molecule has 0 spiro atoms. The summed E-state index contributed by atoms with van der Waals surface area (Å²) in [7, 11) is 0. The summed E-state index contributed by atoms with van der Waals surface area (Å²) >= 11 is 7.47. The molecule has 27 heavy (non-hydrogen) atoms. The Bertz CT molecular complexity index is 1050. The molecule has 0 aliphatic rings. The monoisotopic (exact) mass is 397 g/mol. The highest BCUT2D eigenvalue weighted by Gasteiger charge is 2.18. The molecule has 0 fully saturated rings. The Morgan fingerprint density at radius 3 is 2.70 bits per heavy atom. The quantitative estimate of drug-likeness (QED) is 0.521. The van der Waals surface area contributed by atoms with Crippen molar-refractivity contribution in [2.24, 2.45) is 0 Å². The van der Waals surface area contributed by atoms with Gasteiger partial charge in [-0.15, -0.1) is 11.3 Å². The molecule has 3 heterocycles. The summed E-state index contributed by atoms with van der Waals surface area (Å²) in [5.41, 5.74) is 3.36. The van der Waals surface area contributed by atoms with Crippen LogP contribution in [0.25, 0.3) is 16.1 Å². The summed E-state index contributed by atoms with van der Waals surface area (Å²) in [4.78, 5) is 20.7. The predicted octanol–water partition coefficient (Wildman–Crippen LogP) is 4.47. The molecule has 3 aromatic heterocycles. The molecular weight excluding hydrogens is 382 g/mol. The Kier molecular flexibility index (Phi) is 4.79. The molecule has 136 valence electrons. The molecule has 8 heteroatoms. The van der Waals surface area contributed by atoms with Gasteiger partial charge in [0.2, 0.25) is 0 Å². The second-order valence-corrected chi connectivity index (χ2v) is 7.73. The smallest absolute Gasteiger partial charge is 0.253 e. The van der Waals surface area contributed by atoms with Crippen molar-refractivity contribution in [3.63, 3.8) is 0 Å². The van der Waals surface area contributed by atoms with E-state index in [9.17, 15) is 4.79 Å². The van der Waals surface area contributed by atoms with E-state index in [-0.39, 0.29) is 11.9 Å². The molecule has 0 unspecified atom stereocenters. The third-order valence-electron chi connectivity index (χ3n) is 4.25. The number of rotatable bonds is 5. The first kappa shape index (κ1) is 17.5. The number of benzene rings is 1. The van der Waals surface area contributed by atoms with Gasteiger partial charge in [0.25, 0.3) is 5.91 Å². The lowest BCUT2D eigenvalue weighted by atomic mass is 10.1. The second-order valence-electron chi connectivity index (χ2n) is 6.01. The van der Waals surface area contributed by atoms with E-state index in [2.05, 4.69) is 20.4 Å². The van der Waals surface area contributed by atoms with Crippen LogP contribution in [0.2, 0.25) is 4.34 Å². The summed E-state index contributed by atoms with van der Waals surface area (Å²) < 4.78 is 2.38. The molecule has 1 amide bonds. The normalized spacial score (nSPS) is 12.1. The molecule has 1 atom stereocenters. The average molecular weight is 398 g/mol. The number of halogens is 1. The number of H-pyrrole nitrogens is 1. The number of aromatic amines is 1. The number of nitrogens with zero attached hydrogens (tertiary/aromatic N) is 3. The molecule has 4 rings (SSSR count). The van der Waals surface area contributed by atoms with Gasteiger partial charge in [-0.25, -0.2) is 9.67 Å². The van der Waals surface area contributed by atoms with Crippen LogP contribution in [0.3, 0.4) is 0 Å². The summed E-state index contributed by atoms with van der Waals surface area (Å²) in [6.45, 7) is 1.96. The number of amides is 1. The summed E-state index contributed by atoms with van der Waals surface area (Å²) in [5, 5.41) is 7.15. The van der Waals surface area contributed by atoms with Crippen molar-refractivity contribution in [2.75, 3.05) is 0 Å². The van der Waals surface area contributed by atoms with E-state index in [4.69, 9.17) is 11.6 Å². The fourth-order valence-electron chi connectivity index (χ4n) is 2.83. The van der Waals surface area contributed by atoms with Gasteiger partial charge in [-0.3, -0.25) is 4.79 Å². The zero-order chi connectivity index (χ0) is 18.8. The van der Waals surface area contributed by atoms with Gasteiger partial charge in [0.15, 0.2) is 0 Å². The Morgan fingerprint density at radius 2 is 2.04 bits per heavy atom. The molecule has 6 nitrogen and oxygen atoms in total. The maximum Gasteiger partial charge on any atom is 0.253 e. The molecule has 0 aliphatic heterocycles. The van der Waals surface area contributed by atoms with Crippen molar-refractivity contribution in [1.29, 1.82) is 0 Å². The number of carbonyl (C=O) groups is 1. The first-order chi connectivity index (χ1) is 13.1. The third kappa shape index (κ3) is 3.65. The van der Waals surface area contributed by atoms with Crippen LogP contribution in [0.5, 0.6) is 0 Å². The van der Waals surface area contributed by atoms with E-state index < -0.39 is 0 Å². The van der Waals surface area contributed by atoms with Crippen LogP contribution >= 0.6 is 22.9 Å². The van der Waals surface area contributed by atoms with E-state index in [0.29, 0.717) is 9.90 Å². The Morgan fingerprint density at radius 1 is 1.22 bits per heavy atom.